The molecule has 1 fully saturated rings. The number of H-pyrrole nitrogens is 1. The number of nitrogens with one attached hydrogen (secondary N) is 2. The van der Waals surface area contributed by atoms with Crippen LogP contribution in [-0.2, 0) is 11.2 Å². The molecule has 138 valence electrons. The molecule has 0 bridgehead atoms. The zero-order valence-electron chi connectivity index (χ0n) is 14.7. The first-order valence-corrected chi connectivity index (χ1v) is 9.13. The zero-order chi connectivity index (χ0) is 18.4. The Morgan fingerprint density at radius 2 is 2.00 bits per heavy atom. The number of rotatable bonds is 2. The number of ether oxygens (including phenoxy) is 1. The Labute approximate surface area is 155 Å². The SMILES string of the molecule is O=C1Oc2cc(N3CCNCC3)cc(F)c2CC1c1nc2ccccc2[nH]1. The lowest BCUT2D eigenvalue weighted by molar-refractivity contribution is -0.137. The number of hydrogen-bond acceptors (Lipinski definition) is 5. The summed E-state index contributed by atoms with van der Waals surface area (Å²) >= 11 is 0. The van der Waals surface area contributed by atoms with Gasteiger partial charge in [0, 0.05) is 43.5 Å². The van der Waals surface area contributed by atoms with Crippen LogP contribution in [0.3, 0.4) is 0 Å². The van der Waals surface area contributed by atoms with Crippen molar-refractivity contribution < 1.29 is 13.9 Å². The van der Waals surface area contributed by atoms with Gasteiger partial charge in [-0.15, -0.1) is 0 Å². The van der Waals surface area contributed by atoms with Crippen LogP contribution in [0.5, 0.6) is 5.75 Å². The molecule has 5 rings (SSSR count). The van der Waals surface area contributed by atoms with Crippen molar-refractivity contribution in [1.82, 2.24) is 15.3 Å². The molecule has 0 saturated carbocycles. The van der Waals surface area contributed by atoms with Crippen LogP contribution in [0.1, 0.15) is 17.3 Å². The van der Waals surface area contributed by atoms with E-state index in [1.165, 1.54) is 0 Å². The van der Waals surface area contributed by atoms with Gasteiger partial charge in [0.15, 0.2) is 0 Å². The van der Waals surface area contributed by atoms with E-state index < -0.39 is 11.9 Å². The van der Waals surface area contributed by atoms with Gasteiger partial charge in [-0.3, -0.25) is 4.79 Å². The van der Waals surface area contributed by atoms with E-state index in [4.69, 9.17) is 4.74 Å². The summed E-state index contributed by atoms with van der Waals surface area (Å²) in [5.41, 5.74) is 2.81. The summed E-state index contributed by atoms with van der Waals surface area (Å²) < 4.78 is 20.4. The number of nitrogens with zero attached hydrogens (tertiary/aromatic N) is 2. The highest BCUT2D eigenvalue weighted by molar-refractivity contribution is 5.84. The number of aromatic amines is 1. The maximum Gasteiger partial charge on any atom is 0.322 e. The van der Waals surface area contributed by atoms with Crippen molar-refractivity contribution in [3.8, 4) is 5.75 Å². The van der Waals surface area contributed by atoms with Crippen molar-refractivity contribution in [2.75, 3.05) is 31.1 Å². The molecular weight excluding hydrogens is 347 g/mol. The van der Waals surface area contributed by atoms with Crippen LogP contribution in [0, 0.1) is 5.82 Å². The number of fused-ring (bicyclic) bond motifs is 2. The molecule has 27 heavy (non-hydrogen) atoms. The number of piperazine rings is 1. The minimum atomic E-state index is -0.635. The fourth-order valence-corrected chi connectivity index (χ4v) is 3.81. The third-order valence-corrected chi connectivity index (χ3v) is 5.26. The summed E-state index contributed by atoms with van der Waals surface area (Å²) in [5, 5.41) is 3.27. The summed E-state index contributed by atoms with van der Waals surface area (Å²) in [5.74, 6) is -0.546. The van der Waals surface area contributed by atoms with Crippen LogP contribution in [0.2, 0.25) is 0 Å². The zero-order valence-corrected chi connectivity index (χ0v) is 14.7. The Morgan fingerprint density at radius 1 is 1.19 bits per heavy atom. The molecule has 1 atom stereocenters. The van der Waals surface area contributed by atoms with Crippen LogP contribution in [-0.4, -0.2) is 42.1 Å². The molecule has 2 aromatic carbocycles. The van der Waals surface area contributed by atoms with Gasteiger partial charge in [-0.05, 0) is 24.6 Å². The smallest absolute Gasteiger partial charge is 0.322 e. The van der Waals surface area contributed by atoms with E-state index in [0.717, 1.165) is 42.9 Å². The molecule has 0 aliphatic carbocycles. The summed E-state index contributed by atoms with van der Waals surface area (Å²) in [6.45, 7) is 3.31. The molecule has 3 heterocycles. The Kier molecular flexibility index (Phi) is 3.82. The molecule has 0 amide bonds. The van der Waals surface area contributed by atoms with Crippen molar-refractivity contribution in [3.05, 3.63) is 53.6 Å². The number of carbonyl (C=O) groups is 1. The van der Waals surface area contributed by atoms with Crippen molar-refractivity contribution in [1.29, 1.82) is 0 Å². The molecular formula is C20H19FN4O2. The Balaban J connectivity index is 1.48. The number of benzene rings is 2. The molecule has 0 radical (unpaired) electrons. The normalized spacial score (nSPS) is 19.8. The van der Waals surface area contributed by atoms with E-state index in [1.807, 2.05) is 24.3 Å². The van der Waals surface area contributed by atoms with Gasteiger partial charge in [0.25, 0.3) is 0 Å². The van der Waals surface area contributed by atoms with Crippen LogP contribution >= 0.6 is 0 Å². The molecule has 2 aliphatic rings. The molecule has 1 saturated heterocycles. The molecule has 0 spiro atoms. The van der Waals surface area contributed by atoms with Gasteiger partial charge in [-0.1, -0.05) is 12.1 Å². The van der Waals surface area contributed by atoms with E-state index in [9.17, 15) is 9.18 Å². The fraction of sp³-hybridized carbons (Fsp3) is 0.300. The lowest BCUT2D eigenvalue weighted by Crippen LogP contribution is -2.43. The summed E-state index contributed by atoms with van der Waals surface area (Å²) in [7, 11) is 0. The monoisotopic (exact) mass is 366 g/mol. The first-order chi connectivity index (χ1) is 13.2. The van der Waals surface area contributed by atoms with E-state index in [1.54, 1.807) is 12.1 Å². The quantitative estimate of drug-likeness (QED) is 0.538. The number of halogens is 1. The number of imidazole rings is 1. The molecule has 1 aromatic heterocycles. The molecule has 2 aliphatic heterocycles. The standard InChI is InChI=1S/C20H19FN4O2/c21-15-9-12(25-7-5-22-6-8-25)10-18-13(15)11-14(20(26)27-18)19-23-16-3-1-2-4-17(16)24-19/h1-4,9-10,14,22H,5-8,11H2,(H,23,24). The number of aromatic nitrogens is 2. The van der Waals surface area contributed by atoms with Gasteiger partial charge in [0.05, 0.1) is 11.0 Å². The molecule has 7 heteroatoms. The van der Waals surface area contributed by atoms with Gasteiger partial charge in [-0.25, -0.2) is 9.37 Å². The highest BCUT2D eigenvalue weighted by atomic mass is 19.1. The molecule has 1 unspecified atom stereocenters. The average molecular weight is 366 g/mol. The minimum Gasteiger partial charge on any atom is -0.425 e. The predicted molar refractivity (Wildman–Crippen MR) is 99.7 cm³/mol. The number of carbonyl (C=O) groups excluding carboxylic acids is 1. The van der Waals surface area contributed by atoms with Crippen molar-refractivity contribution in [2.45, 2.75) is 12.3 Å². The van der Waals surface area contributed by atoms with Crippen molar-refractivity contribution in [3.63, 3.8) is 0 Å². The van der Waals surface area contributed by atoms with Crippen LogP contribution in [0.25, 0.3) is 11.0 Å². The van der Waals surface area contributed by atoms with Crippen LogP contribution in [0.4, 0.5) is 10.1 Å². The summed E-state index contributed by atoms with van der Waals surface area (Å²) in [4.78, 5) is 22.3. The number of anilines is 1. The topological polar surface area (TPSA) is 70.2 Å². The van der Waals surface area contributed by atoms with Gasteiger partial charge in [0.2, 0.25) is 0 Å². The maximum absolute atomic E-state index is 14.8. The van der Waals surface area contributed by atoms with Crippen molar-refractivity contribution >= 4 is 22.7 Å². The lowest BCUT2D eigenvalue weighted by Gasteiger charge is -2.31. The second kappa shape index (κ2) is 6.35. The number of esters is 1. The fourth-order valence-electron chi connectivity index (χ4n) is 3.81. The van der Waals surface area contributed by atoms with E-state index in [-0.39, 0.29) is 12.2 Å². The lowest BCUT2D eigenvalue weighted by atomic mass is 9.94. The van der Waals surface area contributed by atoms with Crippen LogP contribution < -0.4 is 15.0 Å². The second-order valence-electron chi connectivity index (χ2n) is 6.96. The molecule has 2 N–H and O–H groups in total. The minimum absolute atomic E-state index is 0.238. The van der Waals surface area contributed by atoms with E-state index in [0.29, 0.717) is 17.1 Å². The average Bonchev–Trinajstić information content (AvgIpc) is 3.12. The Morgan fingerprint density at radius 3 is 2.81 bits per heavy atom. The van der Waals surface area contributed by atoms with Gasteiger partial charge >= 0.3 is 5.97 Å². The van der Waals surface area contributed by atoms with Gasteiger partial charge in [-0.2, -0.15) is 0 Å². The van der Waals surface area contributed by atoms with E-state index >= 15 is 0 Å². The van der Waals surface area contributed by atoms with Gasteiger partial charge in [0.1, 0.15) is 23.3 Å². The largest absolute Gasteiger partial charge is 0.425 e. The summed E-state index contributed by atoms with van der Waals surface area (Å²) in [6, 6.07) is 10.9. The first-order valence-electron chi connectivity index (χ1n) is 9.13. The maximum atomic E-state index is 14.8. The van der Waals surface area contributed by atoms with E-state index in [2.05, 4.69) is 20.2 Å². The third kappa shape index (κ3) is 2.84. The number of hydrogen-bond donors (Lipinski definition) is 2. The Bertz CT molecular complexity index is 993. The highest BCUT2D eigenvalue weighted by Crippen LogP contribution is 2.37. The summed E-state index contributed by atoms with van der Waals surface area (Å²) in [6.07, 6.45) is 0.238. The Hall–Kier alpha value is -2.93. The number of para-hydroxylation sites is 2. The second-order valence-corrected chi connectivity index (χ2v) is 6.96. The van der Waals surface area contributed by atoms with Gasteiger partial charge < -0.3 is 19.9 Å². The molecule has 3 aromatic rings. The van der Waals surface area contributed by atoms with Crippen molar-refractivity contribution in [2.24, 2.45) is 0 Å². The van der Waals surface area contributed by atoms with Crippen LogP contribution in [0.15, 0.2) is 36.4 Å². The predicted octanol–water partition coefficient (Wildman–Crippen LogP) is 2.36. The molecule has 6 nitrogen and oxygen atoms in total. The third-order valence-electron chi connectivity index (χ3n) is 5.26. The highest BCUT2D eigenvalue weighted by Gasteiger charge is 2.34. The first kappa shape index (κ1) is 16.3.